The predicted octanol–water partition coefficient (Wildman–Crippen LogP) is 3.53. The van der Waals surface area contributed by atoms with Gasteiger partial charge in [-0.3, -0.25) is 0 Å². The summed E-state index contributed by atoms with van der Waals surface area (Å²) >= 11 is 0. The van der Waals surface area contributed by atoms with Crippen LogP contribution in [0.2, 0.25) is 0 Å². The van der Waals surface area contributed by atoms with Gasteiger partial charge in [-0.25, -0.2) is 0 Å². The Morgan fingerprint density at radius 1 is 1.00 bits per heavy atom. The van der Waals surface area contributed by atoms with E-state index in [0.717, 1.165) is 24.3 Å². The van der Waals surface area contributed by atoms with Gasteiger partial charge < -0.3 is 21.8 Å². The summed E-state index contributed by atoms with van der Waals surface area (Å²) in [5.74, 6) is 0. The highest BCUT2D eigenvalue weighted by molar-refractivity contribution is 6.13. The fourth-order valence-corrected chi connectivity index (χ4v) is 2.92. The number of anilines is 3. The Bertz CT molecular complexity index is 729. The molecule has 0 unspecified atom stereocenters. The van der Waals surface area contributed by atoms with Gasteiger partial charge in [0.25, 0.3) is 0 Å². The molecule has 1 aliphatic heterocycles. The van der Waals surface area contributed by atoms with E-state index in [1.807, 2.05) is 48.5 Å². The zero-order valence-electron chi connectivity index (χ0n) is 13.1. The second-order valence-corrected chi connectivity index (χ2v) is 5.85. The van der Waals surface area contributed by atoms with Crippen LogP contribution in [0.5, 0.6) is 0 Å². The zero-order chi connectivity index (χ0) is 16.2. The molecule has 5 N–H and O–H groups in total. The van der Waals surface area contributed by atoms with E-state index in [1.54, 1.807) is 6.08 Å². The van der Waals surface area contributed by atoms with Gasteiger partial charge in [0.15, 0.2) is 0 Å². The van der Waals surface area contributed by atoms with E-state index in [9.17, 15) is 0 Å². The molecule has 3 rings (SSSR count). The molecule has 2 aromatic carbocycles. The first-order valence-electron chi connectivity index (χ1n) is 7.91. The van der Waals surface area contributed by atoms with Crippen LogP contribution in [0.25, 0.3) is 6.08 Å². The number of nitrogens with zero attached hydrogens (tertiary/aromatic N) is 1. The molecule has 118 valence electrons. The third-order valence-corrected chi connectivity index (χ3v) is 4.18. The minimum atomic E-state index is 0.367. The zero-order valence-corrected chi connectivity index (χ0v) is 13.1. The first kappa shape index (κ1) is 15.2. The van der Waals surface area contributed by atoms with E-state index in [4.69, 9.17) is 16.9 Å². The average Bonchev–Trinajstić information content (AvgIpc) is 3.09. The minimum absolute atomic E-state index is 0.367. The molecule has 0 amide bonds. The largest absolute Gasteiger partial charge is 0.398 e. The molecule has 0 aliphatic carbocycles. The number of allylic oxidation sites excluding steroid dienone is 1. The van der Waals surface area contributed by atoms with Gasteiger partial charge in [-0.1, -0.05) is 36.4 Å². The monoisotopic (exact) mass is 306 g/mol. The summed E-state index contributed by atoms with van der Waals surface area (Å²) in [6, 6.07) is 13.6. The lowest BCUT2D eigenvalue weighted by atomic mass is 10.0. The number of rotatable bonds is 4. The highest BCUT2D eigenvalue weighted by Crippen LogP contribution is 2.31. The SMILES string of the molecule is N=C(/C=C/c1ccccc1)c1cc(N)c(N2CCCC2)cc1N. The van der Waals surface area contributed by atoms with E-state index in [-0.39, 0.29) is 0 Å². The van der Waals surface area contributed by atoms with Crippen LogP contribution in [-0.4, -0.2) is 18.8 Å². The maximum atomic E-state index is 8.26. The molecule has 4 heteroatoms. The van der Waals surface area contributed by atoms with Gasteiger partial charge in [0, 0.05) is 24.3 Å². The number of hydrogen-bond donors (Lipinski definition) is 3. The van der Waals surface area contributed by atoms with Crippen molar-refractivity contribution in [3.8, 4) is 0 Å². The van der Waals surface area contributed by atoms with Gasteiger partial charge >= 0.3 is 0 Å². The van der Waals surface area contributed by atoms with Crippen molar-refractivity contribution in [2.45, 2.75) is 12.8 Å². The lowest BCUT2D eigenvalue weighted by Gasteiger charge is -2.21. The normalized spacial score (nSPS) is 14.5. The summed E-state index contributed by atoms with van der Waals surface area (Å²) in [4.78, 5) is 2.26. The van der Waals surface area contributed by atoms with Crippen molar-refractivity contribution < 1.29 is 0 Å². The quantitative estimate of drug-likeness (QED) is 0.597. The molecule has 1 aliphatic rings. The molecule has 1 fully saturated rings. The third kappa shape index (κ3) is 3.37. The fourth-order valence-electron chi connectivity index (χ4n) is 2.92. The Hall–Kier alpha value is -2.75. The summed E-state index contributed by atoms with van der Waals surface area (Å²) < 4.78 is 0. The third-order valence-electron chi connectivity index (χ3n) is 4.18. The van der Waals surface area contributed by atoms with Crippen molar-refractivity contribution in [1.82, 2.24) is 0 Å². The lowest BCUT2D eigenvalue weighted by molar-refractivity contribution is 0.949. The number of hydrogen-bond acceptors (Lipinski definition) is 4. The van der Waals surface area contributed by atoms with Crippen LogP contribution in [0.3, 0.4) is 0 Å². The fraction of sp³-hybridized carbons (Fsp3) is 0.211. The Labute approximate surface area is 136 Å². The van der Waals surface area contributed by atoms with E-state index in [1.165, 1.54) is 12.8 Å². The molecule has 0 spiro atoms. The van der Waals surface area contributed by atoms with Gasteiger partial charge in [0.05, 0.1) is 17.1 Å². The number of nitrogen functional groups attached to an aromatic ring is 2. The molecule has 2 aromatic rings. The van der Waals surface area contributed by atoms with Crippen molar-refractivity contribution in [2.24, 2.45) is 0 Å². The van der Waals surface area contributed by atoms with Crippen molar-refractivity contribution in [3.63, 3.8) is 0 Å². The minimum Gasteiger partial charge on any atom is -0.398 e. The molecule has 0 bridgehead atoms. The Morgan fingerprint density at radius 2 is 1.70 bits per heavy atom. The maximum Gasteiger partial charge on any atom is 0.0633 e. The topological polar surface area (TPSA) is 79.1 Å². The molecule has 0 aromatic heterocycles. The van der Waals surface area contributed by atoms with Crippen LogP contribution in [0.1, 0.15) is 24.0 Å². The average molecular weight is 306 g/mol. The number of nitrogens with two attached hydrogens (primary N) is 2. The highest BCUT2D eigenvalue weighted by atomic mass is 15.2. The van der Waals surface area contributed by atoms with Crippen molar-refractivity contribution in [1.29, 1.82) is 5.41 Å². The van der Waals surface area contributed by atoms with Crippen LogP contribution < -0.4 is 16.4 Å². The van der Waals surface area contributed by atoms with Gasteiger partial charge in [-0.15, -0.1) is 0 Å². The van der Waals surface area contributed by atoms with Gasteiger partial charge in [-0.05, 0) is 36.6 Å². The van der Waals surface area contributed by atoms with Gasteiger partial charge in [0.2, 0.25) is 0 Å². The van der Waals surface area contributed by atoms with E-state index in [2.05, 4.69) is 4.90 Å². The molecule has 1 saturated heterocycles. The summed E-state index contributed by atoms with van der Waals surface area (Å²) in [6.45, 7) is 2.04. The van der Waals surface area contributed by atoms with E-state index >= 15 is 0 Å². The molecule has 4 nitrogen and oxygen atoms in total. The number of benzene rings is 2. The lowest BCUT2D eigenvalue weighted by Crippen LogP contribution is -2.19. The van der Waals surface area contributed by atoms with Crippen LogP contribution >= 0.6 is 0 Å². The first-order chi connectivity index (χ1) is 11.1. The molecule has 1 heterocycles. The maximum absolute atomic E-state index is 8.26. The Balaban J connectivity index is 1.83. The Kier molecular flexibility index (Phi) is 4.33. The van der Waals surface area contributed by atoms with Crippen LogP contribution in [-0.2, 0) is 0 Å². The van der Waals surface area contributed by atoms with E-state index in [0.29, 0.717) is 22.6 Å². The van der Waals surface area contributed by atoms with Crippen molar-refractivity contribution in [3.05, 3.63) is 59.7 Å². The summed E-state index contributed by atoms with van der Waals surface area (Å²) in [6.07, 6.45) is 6.05. The summed E-state index contributed by atoms with van der Waals surface area (Å²) in [5, 5.41) is 8.26. The number of nitrogens with one attached hydrogen (secondary N) is 1. The van der Waals surface area contributed by atoms with Crippen LogP contribution in [0.15, 0.2) is 48.5 Å². The second-order valence-electron chi connectivity index (χ2n) is 5.85. The summed E-state index contributed by atoms with van der Waals surface area (Å²) in [5.41, 5.74) is 16.7. The predicted molar refractivity (Wildman–Crippen MR) is 99.0 cm³/mol. The standard InChI is InChI=1S/C19H22N4/c20-16(9-8-14-6-2-1-3-7-14)15-12-18(22)19(13-17(15)21)23-10-4-5-11-23/h1-3,6-9,12-13,20H,4-5,10-11,21-22H2/b9-8+,20-16?. The smallest absolute Gasteiger partial charge is 0.0633 e. The van der Waals surface area contributed by atoms with Gasteiger partial charge in [-0.2, -0.15) is 0 Å². The first-order valence-corrected chi connectivity index (χ1v) is 7.91. The van der Waals surface area contributed by atoms with Gasteiger partial charge in [0.1, 0.15) is 0 Å². The molecule has 0 saturated carbocycles. The molecule has 23 heavy (non-hydrogen) atoms. The molecule has 0 radical (unpaired) electrons. The van der Waals surface area contributed by atoms with Crippen LogP contribution in [0, 0.1) is 5.41 Å². The highest BCUT2D eigenvalue weighted by Gasteiger charge is 2.17. The summed E-state index contributed by atoms with van der Waals surface area (Å²) in [7, 11) is 0. The van der Waals surface area contributed by atoms with Crippen molar-refractivity contribution >= 4 is 28.8 Å². The Morgan fingerprint density at radius 3 is 2.39 bits per heavy atom. The molecular formula is C19H22N4. The van der Waals surface area contributed by atoms with Crippen LogP contribution in [0.4, 0.5) is 17.1 Å². The molecule has 0 atom stereocenters. The van der Waals surface area contributed by atoms with Crippen molar-refractivity contribution in [2.75, 3.05) is 29.5 Å². The van der Waals surface area contributed by atoms with E-state index < -0.39 is 0 Å². The molecular weight excluding hydrogens is 284 g/mol. The second kappa shape index (κ2) is 6.57.